The molecule has 1 amide bonds. The van der Waals surface area contributed by atoms with Gasteiger partial charge in [0.25, 0.3) is 0 Å². The summed E-state index contributed by atoms with van der Waals surface area (Å²) in [4.78, 5) is 25.2. The second-order valence-corrected chi connectivity index (χ2v) is 5.70. The average Bonchev–Trinajstić information content (AvgIpc) is 2.46. The van der Waals surface area contributed by atoms with Crippen LogP contribution in [-0.2, 0) is 14.3 Å². The van der Waals surface area contributed by atoms with E-state index in [0.717, 1.165) is 32.5 Å². The van der Waals surface area contributed by atoms with Crippen molar-refractivity contribution in [2.24, 2.45) is 17.8 Å². The molecule has 0 radical (unpaired) electrons. The van der Waals surface area contributed by atoms with Gasteiger partial charge in [0.05, 0.1) is 5.92 Å². The van der Waals surface area contributed by atoms with Gasteiger partial charge in [0.1, 0.15) is 0 Å². The Balaban J connectivity index is 1.92. The van der Waals surface area contributed by atoms with Gasteiger partial charge in [-0.1, -0.05) is 6.92 Å². The summed E-state index contributed by atoms with van der Waals surface area (Å²) in [5.41, 5.74) is 0. The van der Waals surface area contributed by atoms with Gasteiger partial charge in [-0.15, -0.1) is 0 Å². The van der Waals surface area contributed by atoms with Crippen LogP contribution in [0, 0.1) is 17.8 Å². The normalized spacial score (nSPS) is 27.0. The van der Waals surface area contributed by atoms with Crippen molar-refractivity contribution in [3.05, 3.63) is 0 Å². The molecule has 0 aromatic carbocycles. The predicted molar refractivity (Wildman–Crippen MR) is 69.6 cm³/mol. The van der Waals surface area contributed by atoms with Crippen molar-refractivity contribution in [2.45, 2.75) is 32.6 Å². The van der Waals surface area contributed by atoms with Crippen LogP contribution in [-0.4, -0.2) is 48.2 Å². The van der Waals surface area contributed by atoms with Crippen molar-refractivity contribution in [3.8, 4) is 0 Å². The zero-order valence-corrected chi connectivity index (χ0v) is 11.5. The van der Waals surface area contributed by atoms with E-state index in [9.17, 15) is 9.59 Å². The van der Waals surface area contributed by atoms with Gasteiger partial charge in [0.2, 0.25) is 5.91 Å². The zero-order chi connectivity index (χ0) is 13.8. The quantitative estimate of drug-likeness (QED) is 0.840. The van der Waals surface area contributed by atoms with Gasteiger partial charge in [-0.2, -0.15) is 0 Å². The van der Waals surface area contributed by atoms with Crippen LogP contribution < -0.4 is 0 Å². The van der Waals surface area contributed by atoms with Crippen LogP contribution in [0.25, 0.3) is 0 Å². The summed E-state index contributed by atoms with van der Waals surface area (Å²) >= 11 is 0. The Morgan fingerprint density at radius 2 is 1.95 bits per heavy atom. The molecule has 2 heterocycles. The van der Waals surface area contributed by atoms with E-state index in [1.165, 1.54) is 0 Å². The second-order valence-electron chi connectivity index (χ2n) is 5.70. The number of carboxylic acids is 1. The highest BCUT2D eigenvalue weighted by molar-refractivity contribution is 5.80. The number of aliphatic carboxylic acids is 1. The van der Waals surface area contributed by atoms with Crippen molar-refractivity contribution < 1.29 is 19.4 Å². The number of ether oxygens (including phenoxy) is 1. The van der Waals surface area contributed by atoms with E-state index in [-0.39, 0.29) is 17.7 Å². The molecule has 2 atom stereocenters. The van der Waals surface area contributed by atoms with Crippen LogP contribution in [0.5, 0.6) is 0 Å². The van der Waals surface area contributed by atoms with Crippen LogP contribution in [0.3, 0.4) is 0 Å². The Bertz CT molecular complexity index is 338. The highest BCUT2D eigenvalue weighted by atomic mass is 16.5. The lowest BCUT2D eigenvalue weighted by Gasteiger charge is -2.35. The van der Waals surface area contributed by atoms with Gasteiger partial charge in [-0.25, -0.2) is 0 Å². The molecule has 2 unspecified atom stereocenters. The first-order chi connectivity index (χ1) is 9.09. The molecule has 2 rings (SSSR count). The van der Waals surface area contributed by atoms with Crippen LogP contribution >= 0.6 is 0 Å². The molecule has 0 saturated carbocycles. The minimum atomic E-state index is -0.781. The summed E-state index contributed by atoms with van der Waals surface area (Å²) < 4.78 is 5.32. The first kappa shape index (κ1) is 14.3. The Morgan fingerprint density at radius 3 is 2.58 bits per heavy atom. The van der Waals surface area contributed by atoms with Crippen molar-refractivity contribution in [2.75, 3.05) is 26.3 Å². The monoisotopic (exact) mass is 269 g/mol. The number of rotatable bonds is 3. The summed E-state index contributed by atoms with van der Waals surface area (Å²) in [6.07, 6.45) is 3.35. The third-order valence-electron chi connectivity index (χ3n) is 4.44. The van der Waals surface area contributed by atoms with Crippen LogP contribution in [0.1, 0.15) is 32.6 Å². The Hall–Kier alpha value is -1.10. The van der Waals surface area contributed by atoms with E-state index in [1.54, 1.807) is 4.90 Å². The molecule has 2 saturated heterocycles. The van der Waals surface area contributed by atoms with Gasteiger partial charge in [-0.05, 0) is 31.6 Å². The van der Waals surface area contributed by atoms with Crippen LogP contribution in [0.2, 0.25) is 0 Å². The molecule has 1 N–H and O–H groups in total. The fraction of sp³-hybridized carbons (Fsp3) is 0.857. The highest BCUT2D eigenvalue weighted by Gasteiger charge is 2.33. The highest BCUT2D eigenvalue weighted by Crippen LogP contribution is 2.27. The topological polar surface area (TPSA) is 66.8 Å². The van der Waals surface area contributed by atoms with Gasteiger partial charge < -0.3 is 14.7 Å². The number of carbonyl (C=O) groups excluding carboxylic acids is 1. The smallest absolute Gasteiger partial charge is 0.308 e. The molecule has 2 fully saturated rings. The third kappa shape index (κ3) is 3.47. The third-order valence-corrected chi connectivity index (χ3v) is 4.44. The van der Waals surface area contributed by atoms with E-state index in [0.29, 0.717) is 25.4 Å². The fourth-order valence-corrected chi connectivity index (χ4v) is 3.08. The average molecular weight is 269 g/mol. The molecule has 0 bridgehead atoms. The summed E-state index contributed by atoms with van der Waals surface area (Å²) in [5, 5.41) is 9.07. The first-order valence-corrected chi connectivity index (χ1v) is 7.19. The van der Waals surface area contributed by atoms with E-state index in [2.05, 4.69) is 0 Å². The van der Waals surface area contributed by atoms with Gasteiger partial charge in [-0.3, -0.25) is 9.59 Å². The zero-order valence-electron chi connectivity index (χ0n) is 11.5. The number of carbonyl (C=O) groups is 2. The van der Waals surface area contributed by atoms with Crippen molar-refractivity contribution in [3.63, 3.8) is 0 Å². The van der Waals surface area contributed by atoms with Crippen LogP contribution in [0.15, 0.2) is 0 Å². The molecule has 2 aliphatic rings. The van der Waals surface area contributed by atoms with Crippen LogP contribution in [0.4, 0.5) is 0 Å². The number of likely N-dealkylation sites (tertiary alicyclic amines) is 1. The van der Waals surface area contributed by atoms with Gasteiger partial charge in [0, 0.05) is 32.2 Å². The summed E-state index contributed by atoms with van der Waals surface area (Å²) in [7, 11) is 0. The summed E-state index contributed by atoms with van der Waals surface area (Å²) in [6.45, 7) is 4.53. The fourth-order valence-electron chi connectivity index (χ4n) is 3.08. The maximum Gasteiger partial charge on any atom is 0.308 e. The number of carboxylic acid groups (broad SMARTS) is 1. The second kappa shape index (κ2) is 6.37. The number of piperidine rings is 1. The molecule has 0 aromatic rings. The number of amides is 1. The molecule has 0 aliphatic carbocycles. The lowest BCUT2D eigenvalue weighted by atomic mass is 9.85. The number of hydrogen-bond donors (Lipinski definition) is 1. The van der Waals surface area contributed by atoms with E-state index in [1.807, 2.05) is 6.92 Å². The van der Waals surface area contributed by atoms with Gasteiger partial charge in [0.15, 0.2) is 0 Å². The first-order valence-electron chi connectivity index (χ1n) is 7.19. The molecule has 0 aromatic heterocycles. The van der Waals surface area contributed by atoms with Crippen molar-refractivity contribution in [1.29, 1.82) is 0 Å². The number of hydrogen-bond acceptors (Lipinski definition) is 3. The minimum absolute atomic E-state index is 0.0172. The van der Waals surface area contributed by atoms with E-state index >= 15 is 0 Å². The van der Waals surface area contributed by atoms with Crippen molar-refractivity contribution in [1.82, 2.24) is 4.90 Å². The Labute approximate surface area is 113 Å². The van der Waals surface area contributed by atoms with Crippen molar-refractivity contribution >= 4 is 11.9 Å². The summed E-state index contributed by atoms with van der Waals surface area (Å²) in [6, 6.07) is 0. The number of nitrogens with zero attached hydrogens (tertiary/aromatic N) is 1. The maximum atomic E-state index is 12.5. The molecule has 5 nitrogen and oxygen atoms in total. The minimum Gasteiger partial charge on any atom is -0.481 e. The Morgan fingerprint density at radius 1 is 1.26 bits per heavy atom. The predicted octanol–water partition coefficient (Wildman–Crippen LogP) is 1.37. The molecular formula is C14H23NO4. The molecule has 0 spiro atoms. The molecule has 5 heteroatoms. The molecule has 19 heavy (non-hydrogen) atoms. The molecular weight excluding hydrogens is 246 g/mol. The van der Waals surface area contributed by atoms with E-state index < -0.39 is 5.97 Å². The lowest BCUT2D eigenvalue weighted by Crippen LogP contribution is -2.46. The van der Waals surface area contributed by atoms with Gasteiger partial charge >= 0.3 is 5.97 Å². The molecule has 2 aliphatic heterocycles. The summed E-state index contributed by atoms with van der Waals surface area (Å²) in [5.74, 6) is -0.684. The lowest BCUT2D eigenvalue weighted by molar-refractivity contribution is -0.147. The Kier molecular flexibility index (Phi) is 4.80. The SMILES string of the molecule is CC(C(=O)N1CCCC(C(=O)O)C1)C1CCOCC1. The molecule has 108 valence electrons. The largest absolute Gasteiger partial charge is 0.481 e. The standard InChI is InChI=1S/C14H23NO4/c1-10(11-4-7-19-8-5-11)13(16)15-6-2-3-12(9-15)14(17)18/h10-12H,2-9H2,1H3,(H,17,18). The maximum absolute atomic E-state index is 12.5. The van der Waals surface area contributed by atoms with E-state index in [4.69, 9.17) is 9.84 Å².